The number of aromatic nitrogens is 2. The van der Waals surface area contributed by atoms with Crippen LogP contribution < -0.4 is 16.4 Å². The molecule has 6 heteroatoms. The van der Waals surface area contributed by atoms with Gasteiger partial charge in [-0.15, -0.1) is 0 Å². The van der Waals surface area contributed by atoms with Crippen molar-refractivity contribution in [3.8, 4) is 0 Å². The Morgan fingerprint density at radius 3 is 2.79 bits per heavy atom. The normalized spacial score (nSPS) is 11.9. The Hall–Kier alpha value is -1.85. The Balaban J connectivity index is 2.45. The zero-order valence-electron chi connectivity index (χ0n) is 11.9. The molecule has 1 unspecified atom stereocenters. The van der Waals surface area contributed by atoms with Gasteiger partial charge < -0.3 is 16.4 Å². The zero-order chi connectivity index (χ0) is 14.3. The van der Waals surface area contributed by atoms with Crippen LogP contribution in [0.3, 0.4) is 0 Å². The standard InChI is InChI=1S/C13H23N5O/c1-4-9(3)18-11(19)6-7-15-13-10(5-2)12(14)16-8-17-13/h8-9H,4-7H2,1-3H3,(H,18,19)(H3,14,15,16,17). The molecule has 0 aliphatic heterocycles. The highest BCUT2D eigenvalue weighted by atomic mass is 16.1. The van der Waals surface area contributed by atoms with Crippen LogP contribution in [0.2, 0.25) is 0 Å². The fraction of sp³-hybridized carbons (Fsp3) is 0.615. The highest BCUT2D eigenvalue weighted by Crippen LogP contribution is 2.17. The van der Waals surface area contributed by atoms with E-state index >= 15 is 0 Å². The predicted octanol–water partition coefficient (Wildman–Crippen LogP) is 1.34. The van der Waals surface area contributed by atoms with Crippen molar-refractivity contribution in [2.45, 2.75) is 46.1 Å². The minimum atomic E-state index is 0.0435. The first-order valence-corrected chi connectivity index (χ1v) is 6.71. The van der Waals surface area contributed by atoms with Gasteiger partial charge in [0, 0.05) is 24.6 Å². The quantitative estimate of drug-likeness (QED) is 0.691. The smallest absolute Gasteiger partial charge is 0.221 e. The number of nitrogens with two attached hydrogens (primary N) is 1. The molecule has 4 N–H and O–H groups in total. The van der Waals surface area contributed by atoms with E-state index in [-0.39, 0.29) is 11.9 Å². The van der Waals surface area contributed by atoms with Gasteiger partial charge in [0.1, 0.15) is 18.0 Å². The number of hydrogen-bond acceptors (Lipinski definition) is 5. The molecule has 1 heterocycles. The number of carbonyl (C=O) groups excluding carboxylic acids is 1. The molecule has 0 aromatic carbocycles. The largest absolute Gasteiger partial charge is 0.383 e. The first kappa shape index (κ1) is 15.2. The highest BCUT2D eigenvalue weighted by molar-refractivity contribution is 5.76. The van der Waals surface area contributed by atoms with Gasteiger partial charge in [-0.25, -0.2) is 9.97 Å². The Bertz CT molecular complexity index is 421. The zero-order valence-corrected chi connectivity index (χ0v) is 11.9. The fourth-order valence-corrected chi connectivity index (χ4v) is 1.67. The molecular formula is C13H23N5O. The van der Waals surface area contributed by atoms with Gasteiger partial charge in [0.2, 0.25) is 5.91 Å². The second kappa shape index (κ2) is 7.56. The van der Waals surface area contributed by atoms with Crippen molar-refractivity contribution in [1.82, 2.24) is 15.3 Å². The van der Waals surface area contributed by atoms with Gasteiger partial charge in [0.25, 0.3) is 0 Å². The van der Waals surface area contributed by atoms with E-state index in [0.717, 1.165) is 18.4 Å². The molecule has 0 spiro atoms. The number of hydrogen-bond donors (Lipinski definition) is 3. The van der Waals surface area contributed by atoms with Crippen LogP contribution in [0.15, 0.2) is 6.33 Å². The lowest BCUT2D eigenvalue weighted by Crippen LogP contribution is -2.33. The third-order valence-electron chi connectivity index (χ3n) is 3.00. The molecule has 6 nitrogen and oxygen atoms in total. The van der Waals surface area contributed by atoms with E-state index in [9.17, 15) is 4.79 Å². The van der Waals surface area contributed by atoms with E-state index in [1.54, 1.807) is 0 Å². The Kier molecular flexibility index (Phi) is 6.05. The third kappa shape index (κ3) is 4.73. The number of nitrogens with one attached hydrogen (secondary N) is 2. The van der Waals surface area contributed by atoms with E-state index in [4.69, 9.17) is 5.73 Å². The molecule has 0 fully saturated rings. The summed E-state index contributed by atoms with van der Waals surface area (Å²) in [6, 6.07) is 0.216. The third-order valence-corrected chi connectivity index (χ3v) is 3.00. The monoisotopic (exact) mass is 265 g/mol. The fourth-order valence-electron chi connectivity index (χ4n) is 1.67. The summed E-state index contributed by atoms with van der Waals surface area (Å²) in [5.41, 5.74) is 6.67. The number of nitrogens with zero attached hydrogens (tertiary/aromatic N) is 2. The van der Waals surface area contributed by atoms with Crippen LogP contribution in [-0.4, -0.2) is 28.5 Å². The molecule has 0 aliphatic carbocycles. The lowest BCUT2D eigenvalue weighted by molar-refractivity contribution is -0.121. The first-order valence-electron chi connectivity index (χ1n) is 6.71. The molecule has 0 saturated heterocycles. The van der Waals surface area contributed by atoms with E-state index in [1.807, 2.05) is 20.8 Å². The lowest BCUT2D eigenvalue weighted by Gasteiger charge is -2.13. The van der Waals surface area contributed by atoms with Crippen molar-refractivity contribution in [1.29, 1.82) is 0 Å². The minimum Gasteiger partial charge on any atom is -0.383 e. The topological polar surface area (TPSA) is 92.9 Å². The second-order valence-electron chi connectivity index (χ2n) is 4.49. The van der Waals surface area contributed by atoms with Crippen molar-refractivity contribution < 1.29 is 4.79 Å². The average molecular weight is 265 g/mol. The summed E-state index contributed by atoms with van der Waals surface area (Å²) in [5.74, 6) is 1.25. The van der Waals surface area contributed by atoms with Crippen molar-refractivity contribution >= 4 is 17.5 Å². The van der Waals surface area contributed by atoms with Crippen molar-refractivity contribution in [3.05, 3.63) is 11.9 Å². The van der Waals surface area contributed by atoms with Crippen LogP contribution in [0.4, 0.5) is 11.6 Å². The van der Waals surface area contributed by atoms with E-state index < -0.39 is 0 Å². The molecule has 1 amide bonds. The molecule has 0 saturated carbocycles. The molecule has 0 radical (unpaired) electrons. The Morgan fingerprint density at radius 2 is 2.16 bits per heavy atom. The summed E-state index contributed by atoms with van der Waals surface area (Å²) in [7, 11) is 0. The maximum atomic E-state index is 11.6. The number of carbonyl (C=O) groups is 1. The molecule has 0 aliphatic rings. The van der Waals surface area contributed by atoms with Crippen LogP contribution >= 0.6 is 0 Å². The van der Waals surface area contributed by atoms with Gasteiger partial charge in [0.05, 0.1) is 0 Å². The Morgan fingerprint density at radius 1 is 1.42 bits per heavy atom. The summed E-state index contributed by atoms with van der Waals surface area (Å²) in [5, 5.41) is 6.05. The van der Waals surface area contributed by atoms with Crippen molar-refractivity contribution in [2.75, 3.05) is 17.6 Å². The van der Waals surface area contributed by atoms with Gasteiger partial charge in [-0.2, -0.15) is 0 Å². The van der Waals surface area contributed by atoms with Crippen molar-refractivity contribution in [2.24, 2.45) is 0 Å². The average Bonchev–Trinajstić information content (AvgIpc) is 2.38. The van der Waals surface area contributed by atoms with Gasteiger partial charge in [-0.3, -0.25) is 4.79 Å². The summed E-state index contributed by atoms with van der Waals surface area (Å²) in [4.78, 5) is 19.7. The molecule has 106 valence electrons. The number of nitrogen functional groups attached to an aromatic ring is 1. The lowest BCUT2D eigenvalue weighted by atomic mass is 10.2. The van der Waals surface area contributed by atoms with Crippen LogP contribution in [0.25, 0.3) is 0 Å². The van der Waals surface area contributed by atoms with E-state index in [2.05, 4.69) is 20.6 Å². The van der Waals surface area contributed by atoms with Gasteiger partial charge in [-0.1, -0.05) is 13.8 Å². The summed E-state index contributed by atoms with van der Waals surface area (Å²) in [6.07, 6.45) is 3.53. The van der Waals surface area contributed by atoms with E-state index in [1.165, 1.54) is 6.33 Å². The van der Waals surface area contributed by atoms with Crippen LogP contribution in [0, 0.1) is 0 Å². The molecule has 0 bridgehead atoms. The molecule has 1 atom stereocenters. The summed E-state index contributed by atoms with van der Waals surface area (Å²) < 4.78 is 0. The predicted molar refractivity (Wildman–Crippen MR) is 76.8 cm³/mol. The summed E-state index contributed by atoms with van der Waals surface area (Å²) >= 11 is 0. The van der Waals surface area contributed by atoms with Crippen LogP contribution in [0.1, 0.15) is 39.2 Å². The molecule has 1 rings (SSSR count). The molecule has 1 aromatic heterocycles. The van der Waals surface area contributed by atoms with Crippen molar-refractivity contribution in [3.63, 3.8) is 0 Å². The van der Waals surface area contributed by atoms with Gasteiger partial charge in [-0.05, 0) is 19.8 Å². The van der Waals surface area contributed by atoms with Gasteiger partial charge in [0.15, 0.2) is 0 Å². The van der Waals surface area contributed by atoms with Crippen LogP contribution in [-0.2, 0) is 11.2 Å². The maximum absolute atomic E-state index is 11.6. The first-order chi connectivity index (χ1) is 9.08. The van der Waals surface area contributed by atoms with E-state index in [0.29, 0.717) is 24.6 Å². The minimum absolute atomic E-state index is 0.0435. The Labute approximate surface area is 114 Å². The number of anilines is 2. The van der Waals surface area contributed by atoms with Crippen LogP contribution in [0.5, 0.6) is 0 Å². The maximum Gasteiger partial charge on any atom is 0.221 e. The molecule has 1 aromatic rings. The highest BCUT2D eigenvalue weighted by Gasteiger charge is 2.08. The summed E-state index contributed by atoms with van der Waals surface area (Å²) in [6.45, 7) is 6.56. The number of rotatable bonds is 7. The van der Waals surface area contributed by atoms with Gasteiger partial charge >= 0.3 is 0 Å². The number of amides is 1. The second-order valence-corrected chi connectivity index (χ2v) is 4.49. The SMILES string of the molecule is CCc1c(N)ncnc1NCCC(=O)NC(C)CC. The molecule has 19 heavy (non-hydrogen) atoms. The molecular weight excluding hydrogens is 242 g/mol.